The molecule has 1 atom stereocenters. The number of likely N-dealkylation sites (tertiary alicyclic amines) is 1. The molecule has 0 aliphatic carbocycles. The molecule has 2 heterocycles. The number of rotatable bonds is 6. The molecule has 0 spiro atoms. The lowest BCUT2D eigenvalue weighted by Gasteiger charge is -2.36. The van der Waals surface area contributed by atoms with E-state index < -0.39 is 6.43 Å². The number of imidazole rings is 1. The van der Waals surface area contributed by atoms with Crippen molar-refractivity contribution >= 4 is 5.91 Å². The summed E-state index contributed by atoms with van der Waals surface area (Å²) in [7, 11) is 4.06. The van der Waals surface area contributed by atoms with Gasteiger partial charge in [-0.15, -0.1) is 0 Å². The van der Waals surface area contributed by atoms with Gasteiger partial charge in [-0.1, -0.05) is 0 Å². The number of amides is 1. The highest BCUT2D eigenvalue weighted by Crippen LogP contribution is 2.15. The van der Waals surface area contributed by atoms with Gasteiger partial charge in [0.1, 0.15) is 5.82 Å². The summed E-state index contributed by atoms with van der Waals surface area (Å²) in [5, 5.41) is 0. The van der Waals surface area contributed by atoms with E-state index in [1.165, 1.54) is 17.0 Å². The minimum atomic E-state index is -2.41. The van der Waals surface area contributed by atoms with Crippen molar-refractivity contribution in [1.82, 2.24) is 19.4 Å². The van der Waals surface area contributed by atoms with Gasteiger partial charge in [0.25, 0.3) is 6.43 Å². The van der Waals surface area contributed by atoms with Crippen LogP contribution in [0.1, 0.15) is 25.1 Å². The Morgan fingerprint density at radius 3 is 2.95 bits per heavy atom. The Morgan fingerprint density at radius 2 is 2.27 bits per heavy atom. The summed E-state index contributed by atoms with van der Waals surface area (Å²) in [6, 6.07) is 0.401. The molecule has 0 bridgehead atoms. The van der Waals surface area contributed by atoms with Crippen LogP contribution in [0.25, 0.3) is 0 Å². The van der Waals surface area contributed by atoms with E-state index in [0.29, 0.717) is 24.7 Å². The molecule has 22 heavy (non-hydrogen) atoms. The first kappa shape index (κ1) is 16.9. The Kier molecular flexibility index (Phi) is 5.88. The SMILES string of the molecule is CN(C)[C@H]1CCCN(C(=O)CCc2nccn2CC(F)F)C1. The summed E-state index contributed by atoms with van der Waals surface area (Å²) >= 11 is 0. The highest BCUT2D eigenvalue weighted by atomic mass is 19.3. The predicted molar refractivity (Wildman–Crippen MR) is 79.8 cm³/mol. The largest absolute Gasteiger partial charge is 0.341 e. The molecule has 2 rings (SSSR count). The molecule has 1 amide bonds. The molecule has 1 fully saturated rings. The lowest BCUT2D eigenvalue weighted by Crippen LogP contribution is -2.47. The molecule has 0 saturated carbocycles. The van der Waals surface area contributed by atoms with Crippen LogP contribution in [-0.2, 0) is 17.8 Å². The number of nitrogens with zero attached hydrogens (tertiary/aromatic N) is 4. The van der Waals surface area contributed by atoms with E-state index in [4.69, 9.17) is 0 Å². The monoisotopic (exact) mass is 314 g/mol. The zero-order valence-corrected chi connectivity index (χ0v) is 13.2. The third-order valence-electron chi connectivity index (χ3n) is 4.18. The molecule has 7 heteroatoms. The minimum absolute atomic E-state index is 0.0816. The van der Waals surface area contributed by atoms with Crippen molar-refractivity contribution in [2.75, 3.05) is 27.2 Å². The number of hydrogen-bond acceptors (Lipinski definition) is 3. The van der Waals surface area contributed by atoms with Gasteiger partial charge in [0.2, 0.25) is 5.91 Å². The first-order valence-electron chi connectivity index (χ1n) is 7.69. The van der Waals surface area contributed by atoms with Gasteiger partial charge in [-0.3, -0.25) is 4.79 Å². The summed E-state index contributed by atoms with van der Waals surface area (Å²) in [6.07, 6.45) is 3.47. The predicted octanol–water partition coefficient (Wildman–Crippen LogP) is 1.63. The van der Waals surface area contributed by atoms with Crippen LogP contribution in [0.3, 0.4) is 0 Å². The molecule has 0 aromatic carbocycles. The number of halogens is 2. The fraction of sp³-hybridized carbons (Fsp3) is 0.733. The number of aryl methyl sites for hydroxylation is 1. The van der Waals surface area contributed by atoms with Crippen LogP contribution in [0.4, 0.5) is 8.78 Å². The van der Waals surface area contributed by atoms with E-state index in [2.05, 4.69) is 9.88 Å². The summed E-state index contributed by atoms with van der Waals surface area (Å²) in [5.74, 6) is 0.632. The zero-order chi connectivity index (χ0) is 16.1. The second-order valence-electron chi connectivity index (χ2n) is 5.99. The minimum Gasteiger partial charge on any atom is -0.341 e. The molecule has 1 aromatic heterocycles. The van der Waals surface area contributed by atoms with Crippen molar-refractivity contribution in [3.8, 4) is 0 Å². The third kappa shape index (κ3) is 4.50. The zero-order valence-electron chi connectivity index (χ0n) is 13.2. The standard InChI is InChI=1S/C15H24F2N4O/c1-19(2)12-4-3-8-21(10-12)15(22)6-5-14-18-7-9-20(14)11-13(16)17/h7,9,12-13H,3-6,8,10-11H2,1-2H3/t12-/m0/s1. The number of piperidine rings is 1. The Morgan fingerprint density at radius 1 is 1.50 bits per heavy atom. The van der Waals surface area contributed by atoms with Gasteiger partial charge in [-0.05, 0) is 26.9 Å². The summed E-state index contributed by atoms with van der Waals surface area (Å²) in [6.45, 7) is 1.17. The van der Waals surface area contributed by atoms with Crippen molar-refractivity contribution in [3.63, 3.8) is 0 Å². The van der Waals surface area contributed by atoms with E-state index in [0.717, 1.165) is 25.9 Å². The topological polar surface area (TPSA) is 41.4 Å². The number of carbonyl (C=O) groups excluding carboxylic acids is 1. The Hall–Kier alpha value is -1.50. The van der Waals surface area contributed by atoms with Crippen molar-refractivity contribution in [2.45, 2.75) is 44.7 Å². The van der Waals surface area contributed by atoms with Crippen molar-refractivity contribution in [2.24, 2.45) is 0 Å². The molecule has 5 nitrogen and oxygen atoms in total. The van der Waals surface area contributed by atoms with Crippen molar-refractivity contribution in [1.29, 1.82) is 0 Å². The Balaban J connectivity index is 1.86. The molecule has 1 aliphatic rings. The third-order valence-corrected chi connectivity index (χ3v) is 4.18. The molecule has 1 saturated heterocycles. The average molecular weight is 314 g/mol. The maximum absolute atomic E-state index is 12.5. The lowest BCUT2D eigenvalue weighted by molar-refractivity contribution is -0.133. The quantitative estimate of drug-likeness (QED) is 0.801. The molecule has 0 unspecified atom stereocenters. The van der Waals surface area contributed by atoms with Crippen molar-refractivity contribution < 1.29 is 13.6 Å². The fourth-order valence-corrected chi connectivity index (χ4v) is 2.86. The molecular weight excluding hydrogens is 290 g/mol. The molecule has 1 aliphatic heterocycles. The van der Waals surface area contributed by atoms with E-state index >= 15 is 0 Å². The maximum atomic E-state index is 12.5. The molecule has 0 radical (unpaired) electrons. The number of alkyl halides is 2. The number of aromatic nitrogens is 2. The smallest absolute Gasteiger partial charge is 0.256 e. The fourth-order valence-electron chi connectivity index (χ4n) is 2.86. The van der Waals surface area contributed by atoms with Gasteiger partial charge in [0.05, 0.1) is 6.54 Å². The number of hydrogen-bond donors (Lipinski definition) is 0. The van der Waals surface area contributed by atoms with Gasteiger partial charge in [-0.2, -0.15) is 0 Å². The number of carbonyl (C=O) groups is 1. The van der Waals surface area contributed by atoms with E-state index in [1.54, 1.807) is 0 Å². The van der Waals surface area contributed by atoms with Gasteiger partial charge in [0.15, 0.2) is 0 Å². The van der Waals surface area contributed by atoms with Gasteiger partial charge < -0.3 is 14.4 Å². The second kappa shape index (κ2) is 7.67. The highest BCUT2D eigenvalue weighted by Gasteiger charge is 2.24. The van der Waals surface area contributed by atoms with Crippen molar-refractivity contribution in [3.05, 3.63) is 18.2 Å². The van der Waals surface area contributed by atoms with Crippen LogP contribution >= 0.6 is 0 Å². The van der Waals surface area contributed by atoms with Crippen LogP contribution in [-0.4, -0.2) is 64.9 Å². The summed E-state index contributed by atoms with van der Waals surface area (Å²) < 4.78 is 26.3. The van der Waals surface area contributed by atoms with Crippen LogP contribution < -0.4 is 0 Å². The number of likely N-dealkylation sites (N-methyl/N-ethyl adjacent to an activating group) is 1. The highest BCUT2D eigenvalue weighted by molar-refractivity contribution is 5.76. The van der Waals surface area contributed by atoms with E-state index in [1.807, 2.05) is 19.0 Å². The first-order valence-corrected chi connectivity index (χ1v) is 7.69. The van der Waals surface area contributed by atoms with E-state index in [-0.39, 0.29) is 12.5 Å². The van der Waals surface area contributed by atoms with Crippen LogP contribution in [0, 0.1) is 0 Å². The molecule has 0 N–H and O–H groups in total. The van der Waals surface area contributed by atoms with Crippen LogP contribution in [0.15, 0.2) is 12.4 Å². The normalized spacial score (nSPS) is 19.2. The summed E-state index contributed by atoms with van der Waals surface area (Å²) in [4.78, 5) is 20.4. The lowest BCUT2D eigenvalue weighted by atomic mass is 10.0. The van der Waals surface area contributed by atoms with Gasteiger partial charge in [-0.25, -0.2) is 13.8 Å². The maximum Gasteiger partial charge on any atom is 0.256 e. The Bertz CT molecular complexity index is 490. The van der Waals surface area contributed by atoms with Gasteiger partial charge in [0, 0.05) is 44.4 Å². The molecular formula is C15H24F2N4O. The van der Waals surface area contributed by atoms with Crippen LogP contribution in [0.5, 0.6) is 0 Å². The first-order chi connectivity index (χ1) is 10.5. The summed E-state index contributed by atoms with van der Waals surface area (Å²) in [5.41, 5.74) is 0. The molecule has 124 valence electrons. The average Bonchev–Trinajstić information content (AvgIpc) is 2.91. The van der Waals surface area contributed by atoms with E-state index in [9.17, 15) is 13.6 Å². The second-order valence-corrected chi connectivity index (χ2v) is 5.99. The Labute approximate surface area is 129 Å². The van der Waals surface area contributed by atoms with Gasteiger partial charge >= 0.3 is 0 Å². The van der Waals surface area contributed by atoms with Crippen LogP contribution in [0.2, 0.25) is 0 Å². The molecule has 1 aromatic rings.